The van der Waals surface area contributed by atoms with E-state index in [0.717, 1.165) is 28.7 Å². The van der Waals surface area contributed by atoms with Crippen LogP contribution >= 0.6 is 0 Å². The van der Waals surface area contributed by atoms with Gasteiger partial charge in [-0.25, -0.2) is 0 Å². The predicted molar refractivity (Wildman–Crippen MR) is 162 cm³/mol. The Labute approximate surface area is 238 Å². The molecule has 0 bridgehead atoms. The summed E-state index contributed by atoms with van der Waals surface area (Å²) in [5, 5.41) is 16.7. The zero-order valence-corrected chi connectivity index (χ0v) is 24.0. The van der Waals surface area contributed by atoms with Crippen molar-refractivity contribution < 1.29 is 19.4 Å². The second-order valence-corrected chi connectivity index (χ2v) is 11.0. The first-order chi connectivity index (χ1) is 19.2. The molecule has 0 saturated carbocycles. The van der Waals surface area contributed by atoms with Gasteiger partial charge in [0.15, 0.2) is 0 Å². The van der Waals surface area contributed by atoms with E-state index in [-0.39, 0.29) is 30.6 Å². The summed E-state index contributed by atoms with van der Waals surface area (Å²) in [6, 6.07) is 31.1. The maximum Gasteiger partial charge on any atom is 0.310 e. The number of aliphatic hydroxyl groups excluding tert-OH is 1. The minimum Gasteiger partial charge on any atom is -0.466 e. The Morgan fingerprint density at radius 1 is 0.900 bits per heavy atom. The highest BCUT2D eigenvalue weighted by atomic mass is 16.5. The van der Waals surface area contributed by atoms with Gasteiger partial charge in [-0.1, -0.05) is 91.0 Å². The molecule has 40 heavy (non-hydrogen) atoms. The third-order valence-corrected chi connectivity index (χ3v) is 7.13. The van der Waals surface area contributed by atoms with E-state index in [1.54, 1.807) is 0 Å². The second-order valence-electron chi connectivity index (χ2n) is 11.0. The minimum absolute atomic E-state index is 0.179. The van der Waals surface area contributed by atoms with Crippen LogP contribution < -0.4 is 5.32 Å². The zero-order valence-electron chi connectivity index (χ0n) is 24.0. The lowest BCUT2D eigenvalue weighted by Crippen LogP contribution is -2.46. The molecule has 1 unspecified atom stereocenters. The van der Waals surface area contributed by atoms with E-state index < -0.39 is 6.10 Å². The summed E-state index contributed by atoms with van der Waals surface area (Å²) in [4.78, 5) is 11.8. The fourth-order valence-corrected chi connectivity index (χ4v) is 5.02. The van der Waals surface area contributed by atoms with Crippen LogP contribution in [0.2, 0.25) is 0 Å². The van der Waals surface area contributed by atoms with Crippen molar-refractivity contribution in [1.82, 2.24) is 5.32 Å². The molecule has 2 atom stereocenters. The lowest BCUT2D eigenvalue weighted by Gasteiger charge is -2.28. The van der Waals surface area contributed by atoms with Crippen LogP contribution in [0.1, 0.15) is 50.5 Å². The van der Waals surface area contributed by atoms with Crippen LogP contribution in [0.25, 0.3) is 21.9 Å². The highest BCUT2D eigenvalue weighted by Crippen LogP contribution is 2.30. The standard InChI is InChI=1S/C35H41NO4/c1-5-39-34(38)21-26-14-18-29(19-15-26)33-13-9-8-12-32(33)25(2)40-24-31(37)23-36-35(3,4)22-27-16-17-28-10-6-7-11-30(28)20-27/h6-20,25,31,36-37H,5,21-24H2,1-4H3/t25?,31-/m1/s1. The summed E-state index contributed by atoms with van der Waals surface area (Å²) in [6.45, 7) is 9.20. The van der Waals surface area contributed by atoms with Gasteiger partial charge in [-0.05, 0) is 72.7 Å². The topological polar surface area (TPSA) is 67.8 Å². The molecule has 210 valence electrons. The van der Waals surface area contributed by atoms with Crippen LogP contribution in [0, 0.1) is 0 Å². The summed E-state index contributed by atoms with van der Waals surface area (Å²) in [7, 11) is 0. The van der Waals surface area contributed by atoms with Crippen LogP contribution in [-0.4, -0.2) is 42.5 Å². The zero-order chi connectivity index (χ0) is 28.5. The summed E-state index contributed by atoms with van der Waals surface area (Å²) in [5.74, 6) is -0.220. The molecule has 0 fully saturated rings. The molecule has 4 aromatic rings. The third-order valence-electron chi connectivity index (χ3n) is 7.13. The highest BCUT2D eigenvalue weighted by molar-refractivity contribution is 5.83. The van der Waals surface area contributed by atoms with Gasteiger partial charge < -0.3 is 19.9 Å². The number of fused-ring (bicyclic) bond motifs is 1. The molecule has 4 aromatic carbocycles. The van der Waals surface area contributed by atoms with Gasteiger partial charge in [-0.15, -0.1) is 0 Å². The van der Waals surface area contributed by atoms with Crippen molar-refractivity contribution in [3.05, 3.63) is 108 Å². The number of esters is 1. The Morgan fingerprint density at radius 2 is 1.57 bits per heavy atom. The first-order valence-corrected chi connectivity index (χ1v) is 14.1. The van der Waals surface area contributed by atoms with Crippen molar-refractivity contribution in [2.75, 3.05) is 19.8 Å². The van der Waals surface area contributed by atoms with E-state index >= 15 is 0 Å². The average molecular weight is 540 g/mol. The van der Waals surface area contributed by atoms with Gasteiger partial charge >= 0.3 is 5.97 Å². The monoisotopic (exact) mass is 539 g/mol. The number of carbonyl (C=O) groups excluding carboxylic acids is 1. The summed E-state index contributed by atoms with van der Waals surface area (Å²) >= 11 is 0. The number of β-amino-alcohol motifs (C(OH)–C–C–N with tert-alkyl or cyclic N) is 1. The Morgan fingerprint density at radius 3 is 2.33 bits per heavy atom. The quantitative estimate of drug-likeness (QED) is 0.186. The van der Waals surface area contributed by atoms with Crippen molar-refractivity contribution in [2.24, 2.45) is 0 Å². The average Bonchev–Trinajstić information content (AvgIpc) is 2.95. The van der Waals surface area contributed by atoms with Gasteiger partial charge in [0.05, 0.1) is 31.8 Å². The van der Waals surface area contributed by atoms with Gasteiger partial charge in [0.2, 0.25) is 0 Å². The molecule has 2 N–H and O–H groups in total. The maximum absolute atomic E-state index is 11.8. The van der Waals surface area contributed by atoms with Gasteiger partial charge in [-0.3, -0.25) is 4.79 Å². The Kier molecular flexibility index (Phi) is 10.1. The SMILES string of the molecule is CCOC(=O)Cc1ccc(-c2ccccc2C(C)OC[C@H](O)CNC(C)(C)Cc2ccc3ccccc3c2)cc1. The summed E-state index contributed by atoms with van der Waals surface area (Å²) in [6.07, 6.45) is 0.289. The van der Waals surface area contributed by atoms with E-state index in [0.29, 0.717) is 13.2 Å². The van der Waals surface area contributed by atoms with Crippen LogP contribution in [-0.2, 0) is 27.1 Å². The van der Waals surface area contributed by atoms with Gasteiger partial charge in [0.1, 0.15) is 0 Å². The van der Waals surface area contributed by atoms with Crippen LogP contribution in [0.5, 0.6) is 0 Å². The molecule has 0 radical (unpaired) electrons. The van der Waals surface area contributed by atoms with E-state index in [4.69, 9.17) is 9.47 Å². The Balaban J connectivity index is 1.30. The van der Waals surface area contributed by atoms with E-state index in [2.05, 4.69) is 73.8 Å². The molecule has 0 aromatic heterocycles. The molecular weight excluding hydrogens is 498 g/mol. The Hall–Kier alpha value is -3.51. The summed E-state index contributed by atoms with van der Waals surface area (Å²) < 4.78 is 11.2. The minimum atomic E-state index is -0.632. The first kappa shape index (κ1) is 29.5. The van der Waals surface area contributed by atoms with Crippen molar-refractivity contribution in [3.8, 4) is 11.1 Å². The van der Waals surface area contributed by atoms with Gasteiger partial charge in [-0.2, -0.15) is 0 Å². The predicted octanol–water partition coefficient (Wildman–Crippen LogP) is 6.66. The smallest absolute Gasteiger partial charge is 0.310 e. The number of nitrogens with one attached hydrogen (secondary N) is 1. The molecule has 0 aliphatic rings. The number of aliphatic hydroxyl groups is 1. The first-order valence-electron chi connectivity index (χ1n) is 14.1. The second kappa shape index (κ2) is 13.7. The normalized spacial score (nSPS) is 13.2. The van der Waals surface area contributed by atoms with Crippen molar-refractivity contribution in [3.63, 3.8) is 0 Å². The highest BCUT2D eigenvalue weighted by Gasteiger charge is 2.21. The molecule has 0 saturated heterocycles. The molecule has 5 nitrogen and oxygen atoms in total. The number of hydrogen-bond acceptors (Lipinski definition) is 5. The van der Waals surface area contributed by atoms with E-state index in [9.17, 15) is 9.90 Å². The molecule has 0 aliphatic heterocycles. The molecular formula is C35H41NO4. The van der Waals surface area contributed by atoms with Crippen molar-refractivity contribution in [1.29, 1.82) is 0 Å². The van der Waals surface area contributed by atoms with Crippen LogP contribution in [0.3, 0.4) is 0 Å². The number of benzene rings is 4. The van der Waals surface area contributed by atoms with Gasteiger partial charge in [0.25, 0.3) is 0 Å². The molecule has 0 heterocycles. The molecule has 0 amide bonds. The lowest BCUT2D eigenvalue weighted by molar-refractivity contribution is -0.142. The lowest BCUT2D eigenvalue weighted by atomic mass is 9.93. The molecule has 4 rings (SSSR count). The number of carbonyl (C=O) groups is 1. The number of ether oxygens (including phenoxy) is 2. The Bertz CT molecular complexity index is 1400. The van der Waals surface area contributed by atoms with Gasteiger partial charge in [0, 0.05) is 12.1 Å². The molecule has 0 aliphatic carbocycles. The number of rotatable bonds is 13. The fourth-order valence-electron chi connectivity index (χ4n) is 5.02. The van der Waals surface area contributed by atoms with E-state index in [1.807, 2.05) is 50.2 Å². The summed E-state index contributed by atoms with van der Waals surface area (Å²) in [5.41, 5.74) is 5.18. The third kappa shape index (κ3) is 8.25. The van der Waals surface area contributed by atoms with Crippen LogP contribution in [0.15, 0.2) is 91.0 Å². The largest absolute Gasteiger partial charge is 0.466 e. The molecule has 5 heteroatoms. The van der Waals surface area contributed by atoms with Crippen LogP contribution in [0.4, 0.5) is 0 Å². The maximum atomic E-state index is 11.8. The van der Waals surface area contributed by atoms with Crippen molar-refractivity contribution in [2.45, 2.75) is 58.3 Å². The number of hydrogen-bond donors (Lipinski definition) is 2. The molecule has 0 spiro atoms. The van der Waals surface area contributed by atoms with Crippen molar-refractivity contribution >= 4 is 16.7 Å². The van der Waals surface area contributed by atoms with E-state index in [1.165, 1.54) is 16.3 Å². The fraction of sp³-hybridized carbons (Fsp3) is 0.343.